The summed E-state index contributed by atoms with van der Waals surface area (Å²) in [6.45, 7) is 4.38. The van der Waals surface area contributed by atoms with Gasteiger partial charge in [-0.25, -0.2) is 4.68 Å². The molecule has 2 amide bonds. The van der Waals surface area contributed by atoms with Gasteiger partial charge >= 0.3 is 5.97 Å². The first-order valence-electron chi connectivity index (χ1n) is 12.6. The van der Waals surface area contributed by atoms with Crippen molar-refractivity contribution in [1.82, 2.24) is 15.1 Å². The van der Waals surface area contributed by atoms with E-state index in [2.05, 4.69) is 10.4 Å². The number of carbonyl (C=O) groups excluding carboxylic acids is 3. The lowest BCUT2D eigenvalue weighted by Gasteiger charge is -2.28. The van der Waals surface area contributed by atoms with E-state index in [0.717, 1.165) is 30.4 Å². The third kappa shape index (κ3) is 5.66. The molecule has 2 atom stereocenters. The maximum atomic E-state index is 12.5. The van der Waals surface area contributed by atoms with Gasteiger partial charge in [-0.3, -0.25) is 14.4 Å². The van der Waals surface area contributed by atoms with Gasteiger partial charge in [-0.15, -0.1) is 0 Å². The maximum absolute atomic E-state index is 12.5. The summed E-state index contributed by atoms with van der Waals surface area (Å²) in [5.74, 6) is -1.04. The van der Waals surface area contributed by atoms with Crippen LogP contribution in [0.2, 0.25) is 0 Å². The highest BCUT2D eigenvalue weighted by Crippen LogP contribution is 2.37. The number of ether oxygens (including phenoxy) is 1. The number of anilines is 1. The van der Waals surface area contributed by atoms with Gasteiger partial charge in [0.25, 0.3) is 11.8 Å². The van der Waals surface area contributed by atoms with Gasteiger partial charge in [-0.1, -0.05) is 48.9 Å². The number of benzene rings is 2. The molecule has 1 aliphatic carbocycles. The number of aryl methyl sites for hydroxylation is 1. The van der Waals surface area contributed by atoms with E-state index in [-0.39, 0.29) is 35.2 Å². The first-order chi connectivity index (χ1) is 17.8. The molecule has 0 bridgehead atoms. The summed E-state index contributed by atoms with van der Waals surface area (Å²) in [5, 5.41) is 7.62. The highest BCUT2D eigenvalue weighted by Gasteiger charge is 2.32. The summed E-state index contributed by atoms with van der Waals surface area (Å²) >= 11 is 0. The van der Waals surface area contributed by atoms with Gasteiger partial charge in [0.05, 0.1) is 18.6 Å². The molecule has 0 aliphatic heterocycles. The summed E-state index contributed by atoms with van der Waals surface area (Å²) in [7, 11) is 0. The van der Waals surface area contributed by atoms with E-state index in [1.54, 1.807) is 17.7 Å². The van der Waals surface area contributed by atoms with Crippen LogP contribution >= 0.6 is 0 Å². The molecule has 4 rings (SSSR count). The van der Waals surface area contributed by atoms with E-state index in [9.17, 15) is 14.4 Å². The van der Waals surface area contributed by atoms with E-state index in [1.807, 2.05) is 49.4 Å². The average Bonchev–Trinajstić information content (AvgIpc) is 3.25. The van der Waals surface area contributed by atoms with Gasteiger partial charge in [-0.05, 0) is 50.3 Å². The van der Waals surface area contributed by atoms with Crippen LogP contribution in [0.1, 0.15) is 70.5 Å². The number of nitrogens with one attached hydrogen (secondary N) is 1. The van der Waals surface area contributed by atoms with Gasteiger partial charge in [0, 0.05) is 17.7 Å². The second-order valence-electron chi connectivity index (χ2n) is 9.38. The minimum Gasteiger partial charge on any atom is -0.466 e. The van der Waals surface area contributed by atoms with E-state index in [1.165, 1.54) is 0 Å². The summed E-state index contributed by atoms with van der Waals surface area (Å²) in [6.07, 6.45) is 2.92. The number of carbonyl (C=O) groups is 3. The third-order valence-electron chi connectivity index (χ3n) is 6.88. The Kier molecular flexibility index (Phi) is 7.91. The molecule has 9 nitrogen and oxygen atoms in total. The molecule has 5 N–H and O–H groups in total. The van der Waals surface area contributed by atoms with Crippen molar-refractivity contribution in [2.45, 2.75) is 52.1 Å². The fraction of sp³-hybridized carbons (Fsp3) is 0.357. The normalized spacial score (nSPS) is 17.2. The Labute approximate surface area is 216 Å². The van der Waals surface area contributed by atoms with Crippen molar-refractivity contribution in [3.63, 3.8) is 0 Å². The number of aromatic nitrogens is 2. The SMILES string of the molecule is CCOC(=O)[C@H]1CCC[C@@H](n2nc(-c3ccc(CNC(=O)c4ccccc4C)cc3)c(C(N)=O)c2N)C1. The third-order valence-corrected chi connectivity index (χ3v) is 6.88. The number of amides is 2. The monoisotopic (exact) mass is 503 g/mol. The second kappa shape index (κ2) is 11.3. The summed E-state index contributed by atoms with van der Waals surface area (Å²) < 4.78 is 6.84. The minimum atomic E-state index is -0.661. The highest BCUT2D eigenvalue weighted by atomic mass is 16.5. The number of hydrogen-bond acceptors (Lipinski definition) is 6. The smallest absolute Gasteiger partial charge is 0.308 e. The Morgan fingerprint density at radius 2 is 1.84 bits per heavy atom. The Bertz CT molecular complexity index is 1300. The summed E-state index contributed by atoms with van der Waals surface area (Å²) in [6, 6.07) is 14.7. The molecule has 37 heavy (non-hydrogen) atoms. The Morgan fingerprint density at radius 1 is 1.11 bits per heavy atom. The minimum absolute atomic E-state index is 0.133. The second-order valence-corrected chi connectivity index (χ2v) is 9.38. The summed E-state index contributed by atoms with van der Waals surface area (Å²) in [5.41, 5.74) is 15.8. The number of nitrogens with two attached hydrogens (primary N) is 2. The van der Waals surface area contributed by atoms with Gasteiger partial charge in [-0.2, -0.15) is 5.10 Å². The first kappa shape index (κ1) is 25.9. The van der Waals surface area contributed by atoms with Crippen LogP contribution in [0.4, 0.5) is 5.82 Å². The molecule has 1 fully saturated rings. The molecule has 0 saturated heterocycles. The van der Waals surface area contributed by atoms with Gasteiger partial charge in [0.15, 0.2) is 0 Å². The van der Waals surface area contributed by atoms with Crippen molar-refractivity contribution >= 4 is 23.6 Å². The van der Waals surface area contributed by atoms with Gasteiger partial charge in [0.1, 0.15) is 17.1 Å². The number of primary amides is 1. The zero-order valence-electron chi connectivity index (χ0n) is 21.2. The number of rotatable bonds is 8. The molecule has 0 radical (unpaired) electrons. The highest BCUT2D eigenvalue weighted by molar-refractivity contribution is 6.03. The van der Waals surface area contributed by atoms with Crippen LogP contribution in [0, 0.1) is 12.8 Å². The van der Waals surface area contributed by atoms with E-state index >= 15 is 0 Å². The number of nitrogen functional groups attached to an aromatic ring is 1. The molecule has 1 aromatic heterocycles. The van der Waals surface area contributed by atoms with Crippen molar-refractivity contribution < 1.29 is 19.1 Å². The predicted molar refractivity (Wildman–Crippen MR) is 141 cm³/mol. The van der Waals surface area contributed by atoms with Crippen LogP contribution in [0.15, 0.2) is 48.5 Å². The standard InChI is InChI=1S/C28H33N5O4/c1-3-37-28(36)20-8-6-9-21(15-20)33-25(29)23(26(30)34)24(32-33)19-13-11-18(12-14-19)16-31-27(35)22-10-5-4-7-17(22)2/h4-5,7,10-14,20-21H,3,6,8-9,15-16,29H2,1-2H3,(H2,30,34)(H,31,35)/t20-,21+/m0/s1. The topological polar surface area (TPSA) is 142 Å². The van der Waals surface area contributed by atoms with Crippen molar-refractivity contribution in [2.24, 2.45) is 11.7 Å². The lowest BCUT2D eigenvalue weighted by Crippen LogP contribution is -2.27. The van der Waals surface area contributed by atoms with E-state index < -0.39 is 5.91 Å². The van der Waals surface area contributed by atoms with Crippen molar-refractivity contribution in [2.75, 3.05) is 12.3 Å². The van der Waals surface area contributed by atoms with Crippen molar-refractivity contribution in [3.8, 4) is 11.3 Å². The molecular formula is C28H33N5O4. The quantitative estimate of drug-likeness (QED) is 0.400. The number of nitrogens with zero attached hydrogens (tertiary/aromatic N) is 2. The van der Waals surface area contributed by atoms with Gasteiger partial charge in [0.2, 0.25) is 0 Å². The Balaban J connectivity index is 1.52. The van der Waals surface area contributed by atoms with Crippen LogP contribution < -0.4 is 16.8 Å². The molecule has 2 aromatic carbocycles. The fourth-order valence-electron chi connectivity index (χ4n) is 4.92. The molecule has 1 aliphatic rings. The first-order valence-corrected chi connectivity index (χ1v) is 12.6. The molecule has 9 heteroatoms. The average molecular weight is 504 g/mol. The largest absolute Gasteiger partial charge is 0.466 e. The molecule has 1 saturated carbocycles. The van der Waals surface area contributed by atoms with Crippen LogP contribution in [0.25, 0.3) is 11.3 Å². The van der Waals surface area contributed by atoms with Crippen LogP contribution in [-0.4, -0.2) is 34.2 Å². The lowest BCUT2D eigenvalue weighted by molar-refractivity contribution is -0.149. The number of esters is 1. The fourth-order valence-corrected chi connectivity index (χ4v) is 4.92. The van der Waals surface area contributed by atoms with E-state index in [4.69, 9.17) is 16.2 Å². The Hall–Kier alpha value is -4.14. The Morgan fingerprint density at radius 3 is 2.51 bits per heavy atom. The lowest BCUT2D eigenvalue weighted by atomic mass is 9.86. The summed E-state index contributed by atoms with van der Waals surface area (Å²) in [4.78, 5) is 37.2. The van der Waals surface area contributed by atoms with Crippen molar-refractivity contribution in [3.05, 3.63) is 70.8 Å². The van der Waals surface area contributed by atoms with Crippen LogP contribution in [0.5, 0.6) is 0 Å². The number of hydrogen-bond donors (Lipinski definition) is 3. The zero-order chi connectivity index (χ0) is 26.5. The molecule has 1 heterocycles. The van der Waals surface area contributed by atoms with E-state index in [0.29, 0.717) is 36.4 Å². The zero-order valence-corrected chi connectivity index (χ0v) is 21.2. The molecule has 0 unspecified atom stereocenters. The molecule has 3 aromatic rings. The maximum Gasteiger partial charge on any atom is 0.308 e. The van der Waals surface area contributed by atoms with Crippen molar-refractivity contribution in [1.29, 1.82) is 0 Å². The van der Waals surface area contributed by atoms with Crippen LogP contribution in [0.3, 0.4) is 0 Å². The molecular weight excluding hydrogens is 470 g/mol. The molecule has 194 valence electrons. The van der Waals surface area contributed by atoms with Crippen LogP contribution in [-0.2, 0) is 16.1 Å². The predicted octanol–water partition coefficient (Wildman–Crippen LogP) is 3.76. The molecule has 0 spiro atoms. The van der Waals surface area contributed by atoms with Gasteiger partial charge < -0.3 is 21.5 Å².